The third-order valence-electron chi connectivity index (χ3n) is 5.75. The fourth-order valence-electron chi connectivity index (χ4n) is 4.00. The number of carbonyl (C=O) groups excluding carboxylic acids is 1. The van der Waals surface area contributed by atoms with E-state index >= 15 is 0 Å². The van der Waals surface area contributed by atoms with E-state index in [2.05, 4.69) is 5.32 Å². The van der Waals surface area contributed by atoms with E-state index in [4.69, 9.17) is 9.47 Å². The number of sulfonamides is 1. The van der Waals surface area contributed by atoms with Crippen molar-refractivity contribution in [3.05, 3.63) is 97.1 Å². The molecule has 0 aliphatic carbocycles. The van der Waals surface area contributed by atoms with Crippen LogP contribution in [0.4, 0.5) is 5.69 Å². The van der Waals surface area contributed by atoms with Gasteiger partial charge in [0.05, 0.1) is 23.7 Å². The Hall–Kier alpha value is -4.04. The van der Waals surface area contributed by atoms with Crippen molar-refractivity contribution < 1.29 is 22.7 Å². The van der Waals surface area contributed by atoms with Gasteiger partial charge < -0.3 is 14.8 Å². The normalized spacial score (nSPS) is 15.2. The van der Waals surface area contributed by atoms with E-state index < -0.39 is 22.0 Å². The molecule has 0 saturated heterocycles. The van der Waals surface area contributed by atoms with Crippen LogP contribution in [0.3, 0.4) is 0 Å². The highest BCUT2D eigenvalue weighted by molar-refractivity contribution is 7.92. The van der Waals surface area contributed by atoms with Crippen molar-refractivity contribution in [2.75, 3.05) is 24.0 Å². The summed E-state index contributed by atoms with van der Waals surface area (Å²) >= 11 is 0. The van der Waals surface area contributed by atoms with E-state index in [0.29, 0.717) is 17.2 Å². The van der Waals surface area contributed by atoms with Gasteiger partial charge >= 0.3 is 0 Å². The van der Waals surface area contributed by atoms with Crippen molar-refractivity contribution in [3.63, 3.8) is 0 Å². The number of nitrogens with one attached hydrogen (secondary N) is 1. The predicted octanol–water partition coefficient (Wildman–Crippen LogP) is 3.99. The minimum atomic E-state index is -3.87. The van der Waals surface area contributed by atoms with Gasteiger partial charge in [-0.25, -0.2) is 8.42 Å². The standard InChI is InChI=1S/C27H24N2O5S/c30-27(28-16-17-33-22-15-14-20-8-4-5-9-21(20)18-22)26-19-29(24-12-6-7-13-25(24)34-26)35(31,32)23-10-2-1-3-11-23/h1-15,18,26H,16-17,19H2,(H,28,30). The van der Waals surface area contributed by atoms with E-state index in [1.807, 2.05) is 42.5 Å². The average molecular weight is 489 g/mol. The van der Waals surface area contributed by atoms with E-state index in [0.717, 1.165) is 10.8 Å². The molecule has 1 unspecified atom stereocenters. The maximum atomic E-state index is 13.3. The number of amides is 1. The summed E-state index contributed by atoms with van der Waals surface area (Å²) in [5, 5.41) is 4.99. The summed E-state index contributed by atoms with van der Waals surface area (Å²) in [5.41, 5.74) is 0.403. The van der Waals surface area contributed by atoms with Crippen LogP contribution in [-0.2, 0) is 14.8 Å². The van der Waals surface area contributed by atoms with Gasteiger partial charge in [-0.3, -0.25) is 9.10 Å². The molecule has 0 aromatic heterocycles. The lowest BCUT2D eigenvalue weighted by Crippen LogP contribution is -2.51. The molecule has 1 amide bonds. The van der Waals surface area contributed by atoms with Crippen molar-refractivity contribution in [1.29, 1.82) is 0 Å². The Balaban J connectivity index is 1.25. The molecular weight excluding hydrogens is 464 g/mol. The predicted molar refractivity (Wildman–Crippen MR) is 134 cm³/mol. The summed E-state index contributed by atoms with van der Waals surface area (Å²) in [4.78, 5) is 13.0. The summed E-state index contributed by atoms with van der Waals surface area (Å²) in [7, 11) is -3.87. The number of para-hydroxylation sites is 2. The number of carbonyl (C=O) groups is 1. The minimum Gasteiger partial charge on any atom is -0.492 e. The molecule has 5 rings (SSSR count). The van der Waals surface area contributed by atoms with E-state index in [-0.39, 0.29) is 24.6 Å². The van der Waals surface area contributed by atoms with Crippen molar-refractivity contribution >= 4 is 32.4 Å². The van der Waals surface area contributed by atoms with Gasteiger partial charge in [-0.1, -0.05) is 60.7 Å². The zero-order chi connectivity index (χ0) is 24.3. The molecule has 1 aliphatic heterocycles. The van der Waals surface area contributed by atoms with E-state index in [1.165, 1.54) is 16.4 Å². The molecule has 35 heavy (non-hydrogen) atoms. The molecule has 8 heteroatoms. The van der Waals surface area contributed by atoms with Gasteiger partial charge in [0.2, 0.25) is 0 Å². The molecule has 0 spiro atoms. The second-order valence-corrected chi connectivity index (χ2v) is 9.93. The van der Waals surface area contributed by atoms with Crippen LogP contribution in [0, 0.1) is 0 Å². The Kier molecular flexibility index (Phi) is 6.29. The van der Waals surface area contributed by atoms with Crippen LogP contribution in [0.5, 0.6) is 11.5 Å². The van der Waals surface area contributed by atoms with Gasteiger partial charge in [-0.15, -0.1) is 0 Å². The van der Waals surface area contributed by atoms with Crippen LogP contribution in [0.2, 0.25) is 0 Å². The Morgan fingerprint density at radius 2 is 1.63 bits per heavy atom. The molecule has 0 radical (unpaired) electrons. The van der Waals surface area contributed by atoms with E-state index in [1.54, 1.807) is 42.5 Å². The third-order valence-corrected chi connectivity index (χ3v) is 7.54. The Morgan fingerprint density at radius 3 is 2.46 bits per heavy atom. The largest absolute Gasteiger partial charge is 0.492 e. The summed E-state index contributed by atoms with van der Waals surface area (Å²) < 4.78 is 39.6. The summed E-state index contributed by atoms with van der Waals surface area (Å²) in [5.74, 6) is 0.640. The molecule has 0 fully saturated rings. The first-order valence-corrected chi connectivity index (χ1v) is 12.7. The lowest BCUT2D eigenvalue weighted by atomic mass is 10.1. The molecular formula is C27H24N2O5S. The van der Waals surface area contributed by atoms with Gasteiger partial charge in [0.1, 0.15) is 18.1 Å². The highest BCUT2D eigenvalue weighted by Gasteiger charge is 2.37. The fourth-order valence-corrected chi connectivity index (χ4v) is 5.50. The maximum Gasteiger partial charge on any atom is 0.264 e. The summed E-state index contributed by atoms with van der Waals surface area (Å²) in [6.07, 6.45) is -0.996. The highest BCUT2D eigenvalue weighted by Crippen LogP contribution is 2.36. The molecule has 1 heterocycles. The lowest BCUT2D eigenvalue weighted by molar-refractivity contribution is -0.127. The van der Waals surface area contributed by atoms with Crippen molar-refractivity contribution in [2.45, 2.75) is 11.0 Å². The molecule has 4 aromatic rings. The average Bonchev–Trinajstić information content (AvgIpc) is 2.90. The quantitative estimate of drug-likeness (QED) is 0.398. The first-order chi connectivity index (χ1) is 17.0. The molecule has 4 aromatic carbocycles. The smallest absolute Gasteiger partial charge is 0.264 e. The number of benzene rings is 4. The monoisotopic (exact) mass is 488 g/mol. The van der Waals surface area contributed by atoms with Crippen molar-refractivity contribution in [3.8, 4) is 11.5 Å². The number of rotatable bonds is 7. The molecule has 1 aliphatic rings. The van der Waals surface area contributed by atoms with E-state index in [9.17, 15) is 13.2 Å². The number of ether oxygens (including phenoxy) is 2. The molecule has 178 valence electrons. The first-order valence-electron chi connectivity index (χ1n) is 11.3. The van der Waals surface area contributed by atoms with Crippen molar-refractivity contribution in [1.82, 2.24) is 5.32 Å². The molecule has 0 bridgehead atoms. The van der Waals surface area contributed by atoms with Gasteiger partial charge in [0.15, 0.2) is 6.10 Å². The summed E-state index contributed by atoms with van der Waals surface area (Å²) in [6.45, 7) is 0.379. The second-order valence-electron chi connectivity index (χ2n) is 8.07. The lowest BCUT2D eigenvalue weighted by Gasteiger charge is -2.34. The van der Waals surface area contributed by atoms with Crippen LogP contribution in [0.1, 0.15) is 0 Å². The number of fused-ring (bicyclic) bond motifs is 2. The molecule has 1 atom stereocenters. The highest BCUT2D eigenvalue weighted by atomic mass is 32.2. The van der Waals surface area contributed by atoms with Gasteiger partial charge in [0, 0.05) is 0 Å². The molecule has 0 saturated carbocycles. The SMILES string of the molecule is O=C(NCCOc1ccc2ccccc2c1)C1CN(S(=O)(=O)c2ccccc2)c2ccccc2O1. The van der Waals surface area contributed by atoms with Crippen LogP contribution in [0.15, 0.2) is 102 Å². The van der Waals surface area contributed by atoms with Crippen LogP contribution in [-0.4, -0.2) is 40.1 Å². The zero-order valence-corrected chi connectivity index (χ0v) is 19.6. The van der Waals surface area contributed by atoms with Crippen LogP contribution in [0.25, 0.3) is 10.8 Å². The summed E-state index contributed by atoms with van der Waals surface area (Å²) in [6, 6.07) is 28.8. The first kappa shape index (κ1) is 22.7. The van der Waals surface area contributed by atoms with Crippen LogP contribution >= 0.6 is 0 Å². The second kappa shape index (κ2) is 9.68. The third kappa shape index (κ3) is 4.79. The molecule has 1 N–H and O–H groups in total. The van der Waals surface area contributed by atoms with Crippen LogP contribution < -0.4 is 19.1 Å². The van der Waals surface area contributed by atoms with Gasteiger partial charge in [-0.2, -0.15) is 0 Å². The zero-order valence-electron chi connectivity index (χ0n) is 18.8. The maximum absolute atomic E-state index is 13.3. The Morgan fingerprint density at radius 1 is 0.914 bits per heavy atom. The number of anilines is 1. The number of hydrogen-bond donors (Lipinski definition) is 1. The number of hydrogen-bond acceptors (Lipinski definition) is 5. The Labute approximate surface area is 204 Å². The molecule has 7 nitrogen and oxygen atoms in total. The van der Waals surface area contributed by atoms with Gasteiger partial charge in [-0.05, 0) is 47.2 Å². The van der Waals surface area contributed by atoms with Crippen molar-refractivity contribution in [2.24, 2.45) is 0 Å². The Bertz CT molecular complexity index is 1460. The fraction of sp³-hybridized carbons (Fsp3) is 0.148. The number of nitrogens with zero attached hydrogens (tertiary/aromatic N) is 1. The topological polar surface area (TPSA) is 84.9 Å². The van der Waals surface area contributed by atoms with Gasteiger partial charge in [0.25, 0.3) is 15.9 Å². The minimum absolute atomic E-state index is 0.133.